The van der Waals surface area contributed by atoms with E-state index in [1.807, 2.05) is 0 Å². The van der Waals surface area contributed by atoms with Crippen LogP contribution in [0.1, 0.15) is 33.6 Å². The Balaban J connectivity index is 1.62. The van der Waals surface area contributed by atoms with Gasteiger partial charge in [0.1, 0.15) is 5.75 Å². The van der Waals surface area contributed by atoms with Crippen molar-refractivity contribution in [2.24, 2.45) is 13.0 Å². The van der Waals surface area contributed by atoms with Crippen LogP contribution in [0.2, 0.25) is 0 Å². The molecule has 1 aromatic carbocycles. The Bertz CT molecular complexity index is 862. The van der Waals surface area contributed by atoms with Crippen molar-refractivity contribution in [2.45, 2.75) is 12.8 Å². The number of piperidine rings is 1. The predicted molar refractivity (Wildman–Crippen MR) is 97.6 cm³/mol. The highest BCUT2D eigenvalue weighted by Crippen LogP contribution is 2.24. The van der Waals surface area contributed by atoms with Crippen LogP contribution < -0.4 is 10.3 Å². The lowest BCUT2D eigenvalue weighted by Crippen LogP contribution is -2.40. The van der Waals surface area contributed by atoms with Gasteiger partial charge < -0.3 is 14.2 Å². The van der Waals surface area contributed by atoms with E-state index in [2.05, 4.69) is 0 Å². The quantitative estimate of drug-likeness (QED) is 0.789. The van der Waals surface area contributed by atoms with Gasteiger partial charge in [-0.2, -0.15) is 0 Å². The molecule has 0 N–H and O–H groups in total. The molecule has 1 aliphatic rings. The molecule has 0 saturated carbocycles. The zero-order chi connectivity index (χ0) is 18.7. The normalized spacial score (nSPS) is 14.9. The molecule has 1 fully saturated rings. The largest absolute Gasteiger partial charge is 0.497 e. The molecule has 1 saturated heterocycles. The van der Waals surface area contributed by atoms with Crippen LogP contribution in [-0.4, -0.2) is 41.4 Å². The van der Waals surface area contributed by atoms with E-state index in [0.717, 1.165) is 5.75 Å². The zero-order valence-corrected chi connectivity index (χ0v) is 15.0. The SMILES string of the molecule is COc1ccc(C(=O)C2CCN(C(=O)c3ccn(C)c(=O)c3)CC2)cc1. The van der Waals surface area contributed by atoms with E-state index in [9.17, 15) is 14.4 Å². The molecule has 6 nitrogen and oxygen atoms in total. The number of aromatic nitrogens is 1. The highest BCUT2D eigenvalue weighted by molar-refractivity contribution is 5.98. The van der Waals surface area contributed by atoms with Gasteiger partial charge in [0, 0.05) is 49.4 Å². The van der Waals surface area contributed by atoms with Crippen molar-refractivity contribution >= 4 is 11.7 Å². The summed E-state index contributed by atoms with van der Waals surface area (Å²) in [5.41, 5.74) is 0.857. The number of Topliss-reactive ketones (excluding diaryl/α,β-unsaturated/α-hetero) is 1. The van der Waals surface area contributed by atoms with Crippen LogP contribution in [0.5, 0.6) is 5.75 Å². The Labute approximate surface area is 152 Å². The van der Waals surface area contributed by atoms with E-state index >= 15 is 0 Å². The van der Waals surface area contributed by atoms with Gasteiger partial charge in [-0.3, -0.25) is 14.4 Å². The standard InChI is InChI=1S/C20H22N2O4/c1-21-10-7-16(13-18(21)23)20(25)22-11-8-15(9-12-22)19(24)14-3-5-17(26-2)6-4-14/h3-7,10,13,15H,8-9,11-12H2,1-2H3. The number of nitrogens with zero attached hydrogens (tertiary/aromatic N) is 2. The molecule has 1 aromatic heterocycles. The highest BCUT2D eigenvalue weighted by Gasteiger charge is 2.28. The topological polar surface area (TPSA) is 68.6 Å². The zero-order valence-electron chi connectivity index (χ0n) is 15.0. The third-order valence-electron chi connectivity index (χ3n) is 4.88. The lowest BCUT2D eigenvalue weighted by molar-refractivity contribution is 0.0650. The van der Waals surface area contributed by atoms with Crippen LogP contribution in [0.15, 0.2) is 47.4 Å². The molecule has 1 amide bonds. The number of likely N-dealkylation sites (tertiary alicyclic amines) is 1. The van der Waals surface area contributed by atoms with Gasteiger partial charge in [0.25, 0.3) is 11.5 Å². The molecule has 0 unspecified atom stereocenters. The Morgan fingerprint density at radius 1 is 1.04 bits per heavy atom. The fourth-order valence-corrected chi connectivity index (χ4v) is 3.20. The number of methoxy groups -OCH3 is 1. The highest BCUT2D eigenvalue weighted by atomic mass is 16.5. The van der Waals surface area contributed by atoms with Crippen LogP contribution >= 0.6 is 0 Å². The number of ketones is 1. The number of rotatable bonds is 4. The molecule has 0 bridgehead atoms. The number of carbonyl (C=O) groups is 2. The summed E-state index contributed by atoms with van der Waals surface area (Å²) in [5.74, 6) is 0.582. The molecule has 1 aliphatic heterocycles. The Morgan fingerprint density at radius 2 is 1.69 bits per heavy atom. The van der Waals surface area contributed by atoms with E-state index < -0.39 is 0 Å². The fraction of sp³-hybridized carbons (Fsp3) is 0.350. The van der Waals surface area contributed by atoms with Gasteiger partial charge in [0.15, 0.2) is 5.78 Å². The molecular weight excluding hydrogens is 332 g/mol. The van der Waals surface area contributed by atoms with Crippen molar-refractivity contribution in [2.75, 3.05) is 20.2 Å². The van der Waals surface area contributed by atoms with Gasteiger partial charge in [-0.15, -0.1) is 0 Å². The van der Waals surface area contributed by atoms with Crippen molar-refractivity contribution in [1.29, 1.82) is 0 Å². The van der Waals surface area contributed by atoms with Crippen LogP contribution in [-0.2, 0) is 7.05 Å². The maximum absolute atomic E-state index is 12.6. The fourth-order valence-electron chi connectivity index (χ4n) is 3.20. The minimum atomic E-state index is -0.208. The van der Waals surface area contributed by atoms with E-state index in [4.69, 9.17) is 4.74 Å². The molecule has 3 rings (SSSR count). The van der Waals surface area contributed by atoms with Crippen molar-refractivity contribution in [3.63, 3.8) is 0 Å². The molecule has 6 heteroatoms. The smallest absolute Gasteiger partial charge is 0.254 e. The Kier molecular flexibility index (Phi) is 5.21. The Morgan fingerprint density at radius 3 is 2.27 bits per heavy atom. The van der Waals surface area contributed by atoms with Gasteiger partial charge in [0.05, 0.1) is 7.11 Å². The first-order valence-corrected chi connectivity index (χ1v) is 8.64. The second kappa shape index (κ2) is 7.56. The maximum atomic E-state index is 12.6. The number of hydrogen-bond donors (Lipinski definition) is 0. The molecule has 2 aromatic rings. The summed E-state index contributed by atoms with van der Waals surface area (Å²) in [5, 5.41) is 0. The maximum Gasteiger partial charge on any atom is 0.254 e. The second-order valence-corrected chi connectivity index (χ2v) is 6.52. The average Bonchev–Trinajstić information content (AvgIpc) is 2.69. The van der Waals surface area contributed by atoms with E-state index in [-0.39, 0.29) is 23.2 Å². The van der Waals surface area contributed by atoms with Gasteiger partial charge in [-0.05, 0) is 43.2 Å². The average molecular weight is 354 g/mol. The molecule has 26 heavy (non-hydrogen) atoms. The van der Waals surface area contributed by atoms with Gasteiger partial charge >= 0.3 is 0 Å². The van der Waals surface area contributed by atoms with Crippen molar-refractivity contribution in [3.05, 3.63) is 64.1 Å². The van der Waals surface area contributed by atoms with E-state index in [0.29, 0.717) is 37.1 Å². The number of benzene rings is 1. The summed E-state index contributed by atoms with van der Waals surface area (Å²) >= 11 is 0. The first-order valence-electron chi connectivity index (χ1n) is 8.64. The number of hydrogen-bond acceptors (Lipinski definition) is 4. The third-order valence-corrected chi connectivity index (χ3v) is 4.88. The predicted octanol–water partition coefficient (Wildman–Crippen LogP) is 2.13. The van der Waals surface area contributed by atoms with Gasteiger partial charge in [0.2, 0.25) is 0 Å². The minimum absolute atomic E-state index is 0.0870. The summed E-state index contributed by atoms with van der Waals surface area (Å²) in [4.78, 5) is 38.6. The number of pyridine rings is 1. The number of carbonyl (C=O) groups excluding carboxylic acids is 2. The molecule has 0 spiro atoms. The van der Waals surface area contributed by atoms with Crippen molar-refractivity contribution in [1.82, 2.24) is 9.47 Å². The molecular formula is C20H22N2O4. The van der Waals surface area contributed by atoms with Crippen LogP contribution in [0.3, 0.4) is 0 Å². The third kappa shape index (κ3) is 3.69. The van der Waals surface area contributed by atoms with E-state index in [1.54, 1.807) is 55.6 Å². The van der Waals surface area contributed by atoms with Gasteiger partial charge in [-0.1, -0.05) is 0 Å². The van der Waals surface area contributed by atoms with Gasteiger partial charge in [-0.25, -0.2) is 0 Å². The minimum Gasteiger partial charge on any atom is -0.497 e. The monoisotopic (exact) mass is 354 g/mol. The molecule has 136 valence electrons. The molecule has 0 aliphatic carbocycles. The lowest BCUT2D eigenvalue weighted by atomic mass is 9.88. The number of amides is 1. The molecule has 0 atom stereocenters. The number of ether oxygens (including phenoxy) is 1. The first kappa shape index (κ1) is 17.9. The summed E-state index contributed by atoms with van der Waals surface area (Å²) in [6.45, 7) is 1.03. The molecule has 2 heterocycles. The van der Waals surface area contributed by atoms with Crippen molar-refractivity contribution in [3.8, 4) is 5.75 Å². The lowest BCUT2D eigenvalue weighted by Gasteiger charge is -2.31. The summed E-state index contributed by atoms with van der Waals surface area (Å²) in [6, 6.07) is 10.1. The summed E-state index contributed by atoms with van der Waals surface area (Å²) < 4.78 is 6.54. The van der Waals surface area contributed by atoms with E-state index in [1.165, 1.54) is 10.6 Å². The second-order valence-electron chi connectivity index (χ2n) is 6.52. The van der Waals surface area contributed by atoms with Crippen LogP contribution in [0.4, 0.5) is 0 Å². The first-order chi connectivity index (χ1) is 12.5. The summed E-state index contributed by atoms with van der Waals surface area (Å²) in [6.07, 6.45) is 2.85. The van der Waals surface area contributed by atoms with Crippen molar-refractivity contribution < 1.29 is 14.3 Å². The molecule has 0 radical (unpaired) electrons. The summed E-state index contributed by atoms with van der Waals surface area (Å²) in [7, 11) is 3.24. The Hall–Kier alpha value is -2.89. The van der Waals surface area contributed by atoms with Crippen LogP contribution in [0.25, 0.3) is 0 Å². The number of aryl methyl sites for hydroxylation is 1. The van der Waals surface area contributed by atoms with Crippen LogP contribution in [0, 0.1) is 5.92 Å².